The molecule has 0 radical (unpaired) electrons. The van der Waals surface area contributed by atoms with Gasteiger partial charge in [-0.1, -0.05) is 13.3 Å². The Balaban J connectivity index is 2.32. The fourth-order valence-corrected chi connectivity index (χ4v) is 1.63. The molecular formula is C10H20N4O2. The Labute approximate surface area is 95.4 Å². The van der Waals surface area contributed by atoms with Gasteiger partial charge in [0.2, 0.25) is 0 Å². The minimum Gasteiger partial charge on any atom is -0.386 e. The number of carbonyl (C=O) groups excluding carboxylic acids is 1. The third-order valence-corrected chi connectivity index (χ3v) is 2.52. The van der Waals surface area contributed by atoms with Crippen molar-refractivity contribution in [1.29, 1.82) is 5.41 Å². The van der Waals surface area contributed by atoms with E-state index in [0.717, 1.165) is 12.8 Å². The number of nitrogens with one attached hydrogen (secondary N) is 3. The maximum absolute atomic E-state index is 11.6. The van der Waals surface area contributed by atoms with E-state index in [-0.39, 0.29) is 24.0 Å². The van der Waals surface area contributed by atoms with Crippen LogP contribution in [-0.4, -0.2) is 37.2 Å². The van der Waals surface area contributed by atoms with Gasteiger partial charge in [0.1, 0.15) is 5.84 Å². The van der Waals surface area contributed by atoms with Gasteiger partial charge in [-0.05, 0) is 12.8 Å². The van der Waals surface area contributed by atoms with Crippen LogP contribution < -0.4 is 16.4 Å². The smallest absolute Gasteiger partial charge is 0.315 e. The van der Waals surface area contributed by atoms with Gasteiger partial charge in [-0.3, -0.25) is 5.41 Å². The average molecular weight is 228 g/mol. The molecule has 6 nitrogen and oxygen atoms in total. The standard InChI is InChI=1S/C10H20N4O2/c1-2-3-8(9(11)12)14-10(15)13-7-4-5-16-6-7/h7-8H,2-6H2,1H3,(H3,11,12)(H2,13,14,15). The summed E-state index contributed by atoms with van der Waals surface area (Å²) >= 11 is 0. The summed E-state index contributed by atoms with van der Waals surface area (Å²) in [5, 5.41) is 12.8. The molecule has 16 heavy (non-hydrogen) atoms. The summed E-state index contributed by atoms with van der Waals surface area (Å²) in [6, 6.07) is -0.564. The molecule has 5 N–H and O–H groups in total. The highest BCUT2D eigenvalue weighted by atomic mass is 16.5. The summed E-state index contributed by atoms with van der Waals surface area (Å²) in [6.45, 7) is 3.24. The molecule has 0 spiro atoms. The molecule has 2 amide bonds. The van der Waals surface area contributed by atoms with Crippen molar-refractivity contribution in [2.75, 3.05) is 13.2 Å². The largest absolute Gasteiger partial charge is 0.386 e. The highest BCUT2D eigenvalue weighted by Crippen LogP contribution is 2.03. The molecule has 1 saturated heterocycles. The number of hydrogen-bond acceptors (Lipinski definition) is 3. The molecule has 0 aromatic carbocycles. The minimum atomic E-state index is -0.368. The number of amides is 2. The van der Waals surface area contributed by atoms with Crippen LogP contribution in [0.15, 0.2) is 0 Å². The number of ether oxygens (including phenoxy) is 1. The van der Waals surface area contributed by atoms with Gasteiger partial charge < -0.3 is 21.1 Å². The first-order valence-corrected chi connectivity index (χ1v) is 5.62. The Morgan fingerprint density at radius 1 is 1.69 bits per heavy atom. The Hall–Kier alpha value is -1.30. The van der Waals surface area contributed by atoms with Crippen molar-refractivity contribution in [2.24, 2.45) is 5.73 Å². The van der Waals surface area contributed by atoms with Crippen molar-refractivity contribution < 1.29 is 9.53 Å². The lowest BCUT2D eigenvalue weighted by atomic mass is 10.1. The van der Waals surface area contributed by atoms with E-state index in [2.05, 4.69) is 10.6 Å². The van der Waals surface area contributed by atoms with Crippen LogP contribution in [0.25, 0.3) is 0 Å². The number of urea groups is 1. The number of carbonyl (C=O) groups is 1. The molecule has 1 aliphatic rings. The van der Waals surface area contributed by atoms with Gasteiger partial charge in [-0.25, -0.2) is 4.79 Å². The number of nitrogens with two attached hydrogens (primary N) is 1. The summed E-state index contributed by atoms with van der Waals surface area (Å²) in [5.74, 6) is -0.000304. The zero-order chi connectivity index (χ0) is 12.0. The molecule has 0 aromatic heterocycles. The summed E-state index contributed by atoms with van der Waals surface area (Å²) in [4.78, 5) is 11.6. The maximum Gasteiger partial charge on any atom is 0.315 e. The van der Waals surface area contributed by atoms with E-state index >= 15 is 0 Å². The van der Waals surface area contributed by atoms with Crippen LogP contribution >= 0.6 is 0 Å². The van der Waals surface area contributed by atoms with Crippen LogP contribution in [0.1, 0.15) is 26.2 Å². The first-order chi connectivity index (χ1) is 7.63. The lowest BCUT2D eigenvalue weighted by Gasteiger charge is -2.18. The minimum absolute atomic E-state index is 0.000304. The Morgan fingerprint density at radius 3 is 2.94 bits per heavy atom. The SMILES string of the molecule is CCCC(NC(=O)NC1CCOC1)C(=N)N. The first kappa shape index (κ1) is 12.8. The van der Waals surface area contributed by atoms with Gasteiger partial charge in [0.25, 0.3) is 0 Å². The molecule has 92 valence electrons. The molecule has 2 atom stereocenters. The number of rotatable bonds is 5. The van der Waals surface area contributed by atoms with Crippen molar-refractivity contribution in [3.63, 3.8) is 0 Å². The first-order valence-electron chi connectivity index (χ1n) is 5.62. The van der Waals surface area contributed by atoms with Gasteiger partial charge >= 0.3 is 6.03 Å². The van der Waals surface area contributed by atoms with Crippen molar-refractivity contribution in [3.8, 4) is 0 Å². The zero-order valence-corrected chi connectivity index (χ0v) is 9.58. The summed E-state index contributed by atoms with van der Waals surface area (Å²) in [6.07, 6.45) is 2.40. The fraction of sp³-hybridized carbons (Fsp3) is 0.800. The van der Waals surface area contributed by atoms with Crippen LogP contribution in [0.3, 0.4) is 0 Å². The Bertz CT molecular complexity index is 251. The van der Waals surface area contributed by atoms with Crippen molar-refractivity contribution in [2.45, 2.75) is 38.3 Å². The van der Waals surface area contributed by atoms with E-state index in [1.54, 1.807) is 0 Å². The van der Waals surface area contributed by atoms with E-state index in [9.17, 15) is 4.79 Å². The van der Waals surface area contributed by atoms with E-state index in [1.165, 1.54) is 0 Å². The highest BCUT2D eigenvalue weighted by Gasteiger charge is 2.20. The lowest BCUT2D eigenvalue weighted by Crippen LogP contribution is -2.50. The average Bonchev–Trinajstić information content (AvgIpc) is 2.69. The third kappa shape index (κ3) is 4.06. The quantitative estimate of drug-likeness (QED) is 0.399. The molecule has 0 aromatic rings. The van der Waals surface area contributed by atoms with Crippen LogP contribution in [0.5, 0.6) is 0 Å². The maximum atomic E-state index is 11.6. The van der Waals surface area contributed by atoms with Gasteiger partial charge in [-0.2, -0.15) is 0 Å². The number of amidine groups is 1. The summed E-state index contributed by atoms with van der Waals surface area (Å²) in [5.41, 5.74) is 5.40. The van der Waals surface area contributed by atoms with Crippen LogP contribution in [0.4, 0.5) is 4.79 Å². The predicted octanol–water partition coefficient (Wildman–Crippen LogP) is 0.179. The number of hydrogen-bond donors (Lipinski definition) is 4. The van der Waals surface area contributed by atoms with E-state index in [0.29, 0.717) is 19.6 Å². The molecule has 0 aliphatic carbocycles. The van der Waals surface area contributed by atoms with Crippen molar-refractivity contribution in [3.05, 3.63) is 0 Å². The van der Waals surface area contributed by atoms with E-state index in [1.807, 2.05) is 6.92 Å². The molecule has 2 unspecified atom stereocenters. The molecule has 6 heteroatoms. The van der Waals surface area contributed by atoms with Crippen LogP contribution in [0, 0.1) is 5.41 Å². The third-order valence-electron chi connectivity index (χ3n) is 2.52. The second-order valence-corrected chi connectivity index (χ2v) is 3.97. The Morgan fingerprint density at radius 2 is 2.44 bits per heavy atom. The molecule has 1 fully saturated rings. The van der Waals surface area contributed by atoms with E-state index in [4.69, 9.17) is 15.9 Å². The second kappa shape index (κ2) is 6.32. The fourth-order valence-electron chi connectivity index (χ4n) is 1.63. The summed E-state index contributed by atoms with van der Waals surface area (Å²) < 4.78 is 5.15. The van der Waals surface area contributed by atoms with E-state index < -0.39 is 0 Å². The predicted molar refractivity (Wildman–Crippen MR) is 61.5 cm³/mol. The van der Waals surface area contributed by atoms with Gasteiger partial charge in [-0.15, -0.1) is 0 Å². The molecular weight excluding hydrogens is 208 g/mol. The molecule has 1 aliphatic heterocycles. The van der Waals surface area contributed by atoms with Gasteiger partial charge in [0.15, 0.2) is 0 Å². The van der Waals surface area contributed by atoms with Gasteiger partial charge in [0.05, 0.1) is 18.7 Å². The molecule has 0 bridgehead atoms. The lowest BCUT2D eigenvalue weighted by molar-refractivity contribution is 0.188. The van der Waals surface area contributed by atoms with Gasteiger partial charge in [0, 0.05) is 6.61 Å². The van der Waals surface area contributed by atoms with Crippen LogP contribution in [-0.2, 0) is 4.74 Å². The second-order valence-electron chi connectivity index (χ2n) is 3.97. The van der Waals surface area contributed by atoms with Crippen molar-refractivity contribution >= 4 is 11.9 Å². The zero-order valence-electron chi connectivity index (χ0n) is 9.58. The molecule has 1 rings (SSSR count). The normalized spacial score (nSPS) is 21.4. The Kier molecular flexibility index (Phi) is 5.04. The monoisotopic (exact) mass is 228 g/mol. The van der Waals surface area contributed by atoms with Crippen molar-refractivity contribution in [1.82, 2.24) is 10.6 Å². The molecule has 1 heterocycles. The summed E-state index contributed by atoms with van der Waals surface area (Å²) in [7, 11) is 0. The topological polar surface area (TPSA) is 100 Å². The highest BCUT2D eigenvalue weighted by molar-refractivity contribution is 5.87. The molecule has 0 saturated carbocycles. The van der Waals surface area contributed by atoms with Crippen LogP contribution in [0.2, 0.25) is 0 Å².